The number of aliphatic hydroxyl groups is 1. The van der Waals surface area contributed by atoms with Crippen molar-refractivity contribution in [1.29, 1.82) is 0 Å². The Morgan fingerprint density at radius 3 is 2.25 bits per heavy atom. The van der Waals surface area contributed by atoms with Crippen molar-refractivity contribution in [2.24, 2.45) is 5.92 Å². The Labute approximate surface area is 99.5 Å². The smallest absolute Gasteiger partial charge is 0.0682 e. The van der Waals surface area contributed by atoms with Crippen LogP contribution in [0.3, 0.4) is 0 Å². The third-order valence-corrected chi connectivity index (χ3v) is 2.76. The molecule has 0 unspecified atom stereocenters. The van der Waals surface area contributed by atoms with Gasteiger partial charge in [-0.3, -0.25) is 0 Å². The highest BCUT2D eigenvalue weighted by molar-refractivity contribution is 5.30. The number of rotatable bonds is 6. The summed E-state index contributed by atoms with van der Waals surface area (Å²) in [6.45, 7) is 6.84. The second kappa shape index (κ2) is 6.70. The van der Waals surface area contributed by atoms with Gasteiger partial charge in [0, 0.05) is 0 Å². The van der Waals surface area contributed by atoms with E-state index in [0.29, 0.717) is 5.92 Å². The highest BCUT2D eigenvalue weighted by Crippen LogP contribution is 2.16. The van der Waals surface area contributed by atoms with E-state index in [1.54, 1.807) is 0 Å². The maximum Gasteiger partial charge on any atom is 0.0682 e. The highest BCUT2D eigenvalue weighted by atomic mass is 16.3. The summed E-state index contributed by atoms with van der Waals surface area (Å²) in [5.41, 5.74) is 3.81. The second-order valence-electron chi connectivity index (χ2n) is 5.02. The average Bonchev–Trinajstić information content (AvgIpc) is 2.25. The maximum atomic E-state index is 9.25. The maximum absolute atomic E-state index is 9.25. The standard InChI is InChI=1S/C15H24O/c1-4-5-6-13-8-14(7-12(2)3)10-15(9-13)11-16/h8-10,12,16H,4-7,11H2,1-3H3. The molecule has 0 radical (unpaired) electrons. The van der Waals surface area contributed by atoms with E-state index in [0.717, 1.165) is 18.4 Å². The normalized spacial score (nSPS) is 11.1. The minimum absolute atomic E-state index is 0.158. The third kappa shape index (κ3) is 4.36. The van der Waals surface area contributed by atoms with E-state index in [1.165, 1.54) is 24.0 Å². The summed E-state index contributed by atoms with van der Waals surface area (Å²) in [5, 5.41) is 9.25. The predicted octanol–water partition coefficient (Wildman–Crippen LogP) is 3.72. The molecule has 0 spiro atoms. The molecule has 1 rings (SSSR count). The number of hydrogen-bond acceptors (Lipinski definition) is 1. The summed E-state index contributed by atoms with van der Waals surface area (Å²) in [5.74, 6) is 0.674. The van der Waals surface area contributed by atoms with Gasteiger partial charge in [-0.05, 0) is 41.9 Å². The molecule has 0 saturated heterocycles. The molecule has 0 aliphatic heterocycles. The van der Waals surface area contributed by atoms with E-state index in [1.807, 2.05) is 0 Å². The van der Waals surface area contributed by atoms with Crippen LogP contribution in [-0.4, -0.2) is 5.11 Å². The summed E-state index contributed by atoms with van der Waals surface area (Å²) in [6, 6.07) is 6.57. The van der Waals surface area contributed by atoms with Gasteiger partial charge in [0.15, 0.2) is 0 Å². The highest BCUT2D eigenvalue weighted by Gasteiger charge is 2.03. The molecule has 0 aromatic heterocycles. The number of unbranched alkanes of at least 4 members (excludes halogenated alkanes) is 1. The Morgan fingerprint density at radius 1 is 1.06 bits per heavy atom. The molecule has 1 nitrogen and oxygen atoms in total. The van der Waals surface area contributed by atoms with Crippen molar-refractivity contribution in [2.75, 3.05) is 0 Å². The molecule has 90 valence electrons. The first-order chi connectivity index (χ1) is 7.65. The van der Waals surface area contributed by atoms with Crippen LogP contribution in [0.25, 0.3) is 0 Å². The van der Waals surface area contributed by atoms with E-state index in [9.17, 15) is 5.11 Å². The molecule has 0 aliphatic carbocycles. The fraction of sp³-hybridized carbons (Fsp3) is 0.600. The Morgan fingerprint density at radius 2 is 1.69 bits per heavy atom. The molecular formula is C15H24O. The van der Waals surface area contributed by atoms with Crippen molar-refractivity contribution < 1.29 is 5.11 Å². The first-order valence-electron chi connectivity index (χ1n) is 6.38. The van der Waals surface area contributed by atoms with Crippen molar-refractivity contribution >= 4 is 0 Å². The molecule has 0 fully saturated rings. The van der Waals surface area contributed by atoms with E-state index in [4.69, 9.17) is 0 Å². The minimum atomic E-state index is 0.158. The summed E-state index contributed by atoms with van der Waals surface area (Å²) < 4.78 is 0. The van der Waals surface area contributed by atoms with Gasteiger partial charge in [0.1, 0.15) is 0 Å². The van der Waals surface area contributed by atoms with E-state index in [2.05, 4.69) is 39.0 Å². The molecule has 1 aromatic rings. The Balaban J connectivity index is 2.82. The first-order valence-corrected chi connectivity index (χ1v) is 6.38. The quantitative estimate of drug-likeness (QED) is 0.774. The Kier molecular flexibility index (Phi) is 5.54. The van der Waals surface area contributed by atoms with Gasteiger partial charge in [0.25, 0.3) is 0 Å². The van der Waals surface area contributed by atoms with Gasteiger partial charge in [-0.1, -0.05) is 45.4 Å². The third-order valence-electron chi connectivity index (χ3n) is 2.76. The molecule has 1 N–H and O–H groups in total. The largest absolute Gasteiger partial charge is 0.392 e. The summed E-state index contributed by atoms with van der Waals surface area (Å²) >= 11 is 0. The van der Waals surface area contributed by atoms with Gasteiger partial charge < -0.3 is 5.11 Å². The average molecular weight is 220 g/mol. The zero-order valence-electron chi connectivity index (χ0n) is 10.8. The van der Waals surface area contributed by atoms with Crippen LogP contribution in [0.15, 0.2) is 18.2 Å². The van der Waals surface area contributed by atoms with Crippen LogP contribution in [0.1, 0.15) is 50.3 Å². The molecule has 16 heavy (non-hydrogen) atoms. The lowest BCUT2D eigenvalue weighted by molar-refractivity contribution is 0.281. The first kappa shape index (κ1) is 13.2. The molecule has 0 bridgehead atoms. The number of benzene rings is 1. The van der Waals surface area contributed by atoms with Crippen LogP contribution in [0.5, 0.6) is 0 Å². The molecule has 0 aliphatic rings. The molecule has 0 amide bonds. The fourth-order valence-electron chi connectivity index (χ4n) is 2.05. The van der Waals surface area contributed by atoms with Crippen molar-refractivity contribution in [3.05, 3.63) is 34.9 Å². The van der Waals surface area contributed by atoms with E-state index < -0.39 is 0 Å². The van der Waals surface area contributed by atoms with Crippen LogP contribution in [0, 0.1) is 5.92 Å². The lowest BCUT2D eigenvalue weighted by atomic mass is 9.96. The van der Waals surface area contributed by atoms with Crippen molar-refractivity contribution in [1.82, 2.24) is 0 Å². The van der Waals surface area contributed by atoms with Gasteiger partial charge in [0.05, 0.1) is 6.61 Å². The van der Waals surface area contributed by atoms with Gasteiger partial charge in [-0.25, -0.2) is 0 Å². The van der Waals surface area contributed by atoms with Crippen LogP contribution in [0.4, 0.5) is 0 Å². The van der Waals surface area contributed by atoms with Gasteiger partial charge in [-0.15, -0.1) is 0 Å². The lowest BCUT2D eigenvalue weighted by Crippen LogP contribution is -1.98. The van der Waals surface area contributed by atoms with Crippen LogP contribution < -0.4 is 0 Å². The summed E-state index contributed by atoms with van der Waals surface area (Å²) in [4.78, 5) is 0. The molecule has 1 aromatic carbocycles. The molecule has 0 atom stereocenters. The van der Waals surface area contributed by atoms with Gasteiger partial charge in [-0.2, -0.15) is 0 Å². The molecule has 0 heterocycles. The second-order valence-corrected chi connectivity index (χ2v) is 5.02. The number of aryl methyl sites for hydroxylation is 1. The van der Waals surface area contributed by atoms with E-state index in [-0.39, 0.29) is 6.61 Å². The summed E-state index contributed by atoms with van der Waals surface area (Å²) in [6.07, 6.45) is 4.70. The topological polar surface area (TPSA) is 20.2 Å². The van der Waals surface area contributed by atoms with Gasteiger partial charge in [0.2, 0.25) is 0 Å². The minimum Gasteiger partial charge on any atom is -0.392 e. The molecular weight excluding hydrogens is 196 g/mol. The van der Waals surface area contributed by atoms with E-state index >= 15 is 0 Å². The zero-order chi connectivity index (χ0) is 12.0. The number of hydrogen-bond donors (Lipinski definition) is 1. The van der Waals surface area contributed by atoms with Crippen LogP contribution in [0.2, 0.25) is 0 Å². The van der Waals surface area contributed by atoms with Crippen LogP contribution >= 0.6 is 0 Å². The van der Waals surface area contributed by atoms with Crippen molar-refractivity contribution in [3.63, 3.8) is 0 Å². The molecule has 1 heteroatoms. The predicted molar refractivity (Wildman–Crippen MR) is 69.5 cm³/mol. The van der Waals surface area contributed by atoms with Crippen molar-refractivity contribution in [2.45, 2.75) is 53.1 Å². The lowest BCUT2D eigenvalue weighted by Gasteiger charge is -2.10. The Bertz CT molecular complexity index is 315. The SMILES string of the molecule is CCCCc1cc(CO)cc(CC(C)C)c1. The number of aliphatic hydroxyl groups excluding tert-OH is 1. The van der Waals surface area contributed by atoms with Crippen LogP contribution in [-0.2, 0) is 19.4 Å². The molecule has 0 saturated carbocycles. The monoisotopic (exact) mass is 220 g/mol. The van der Waals surface area contributed by atoms with Gasteiger partial charge >= 0.3 is 0 Å². The van der Waals surface area contributed by atoms with Crippen molar-refractivity contribution in [3.8, 4) is 0 Å². The zero-order valence-corrected chi connectivity index (χ0v) is 10.8. The summed E-state index contributed by atoms with van der Waals surface area (Å²) in [7, 11) is 0. The fourth-order valence-corrected chi connectivity index (χ4v) is 2.05. The Hall–Kier alpha value is -0.820.